The minimum atomic E-state index is 0.248. The Balaban J connectivity index is 2.08. The molecular weight excluding hydrogens is 286 g/mol. The first kappa shape index (κ1) is 11.4. The molecule has 0 unspecified atom stereocenters. The summed E-state index contributed by atoms with van der Waals surface area (Å²) in [5.74, 6) is 0.248. The molecule has 16 heavy (non-hydrogen) atoms. The van der Waals surface area contributed by atoms with Gasteiger partial charge in [0.25, 0.3) is 0 Å². The lowest BCUT2D eigenvalue weighted by molar-refractivity contribution is 0.474. The maximum atomic E-state index is 9.58. The Morgan fingerprint density at radius 3 is 3.00 bits per heavy atom. The summed E-state index contributed by atoms with van der Waals surface area (Å²) in [7, 11) is 0. The van der Waals surface area contributed by atoms with E-state index < -0.39 is 0 Å². The number of aliphatic imine (C=N–C) groups is 1. The number of rotatable bonds is 3. The Hall–Kier alpha value is -1.13. The lowest BCUT2D eigenvalue weighted by Crippen LogP contribution is -1.84. The highest BCUT2D eigenvalue weighted by molar-refractivity contribution is 9.10. The van der Waals surface area contributed by atoms with Crippen LogP contribution in [-0.2, 0) is 6.54 Å². The van der Waals surface area contributed by atoms with E-state index in [1.165, 1.54) is 4.88 Å². The first-order valence-corrected chi connectivity index (χ1v) is 6.44. The van der Waals surface area contributed by atoms with Crippen molar-refractivity contribution in [2.75, 3.05) is 0 Å². The fourth-order valence-corrected chi connectivity index (χ4v) is 2.28. The number of phenolic OH excluding ortho intramolecular Hbond substituents is 1. The summed E-state index contributed by atoms with van der Waals surface area (Å²) >= 11 is 5.04. The molecule has 0 aliphatic rings. The van der Waals surface area contributed by atoms with Crippen LogP contribution in [0.15, 0.2) is 45.2 Å². The van der Waals surface area contributed by atoms with E-state index in [9.17, 15) is 5.11 Å². The lowest BCUT2D eigenvalue weighted by atomic mass is 10.2. The highest BCUT2D eigenvalue weighted by atomic mass is 79.9. The zero-order valence-corrected chi connectivity index (χ0v) is 10.8. The molecule has 1 aromatic heterocycles. The first-order valence-electron chi connectivity index (χ1n) is 4.76. The number of halogens is 1. The molecule has 0 fully saturated rings. The van der Waals surface area contributed by atoms with Crippen LogP contribution in [0.25, 0.3) is 0 Å². The summed E-state index contributed by atoms with van der Waals surface area (Å²) in [6.07, 6.45) is 1.69. The molecule has 0 saturated carbocycles. The average molecular weight is 296 g/mol. The number of hydrogen-bond acceptors (Lipinski definition) is 3. The SMILES string of the molecule is Oc1ccc(Br)cc1C=NCc1cccs1. The Bertz CT molecular complexity index is 494. The molecular formula is C12H10BrNOS. The van der Waals surface area contributed by atoms with Crippen LogP contribution in [0.4, 0.5) is 0 Å². The van der Waals surface area contributed by atoms with Gasteiger partial charge < -0.3 is 5.11 Å². The predicted molar refractivity (Wildman–Crippen MR) is 71.4 cm³/mol. The van der Waals surface area contributed by atoms with Crippen LogP contribution in [-0.4, -0.2) is 11.3 Å². The highest BCUT2D eigenvalue weighted by Crippen LogP contribution is 2.20. The molecule has 4 heteroatoms. The van der Waals surface area contributed by atoms with Crippen molar-refractivity contribution in [3.8, 4) is 5.75 Å². The van der Waals surface area contributed by atoms with Crippen molar-refractivity contribution in [2.45, 2.75) is 6.54 Å². The van der Waals surface area contributed by atoms with E-state index in [2.05, 4.69) is 20.9 Å². The van der Waals surface area contributed by atoms with Gasteiger partial charge in [-0.25, -0.2) is 0 Å². The predicted octanol–water partition coefficient (Wildman–Crippen LogP) is 3.84. The van der Waals surface area contributed by atoms with E-state index in [1.54, 1.807) is 29.7 Å². The van der Waals surface area contributed by atoms with E-state index in [0.717, 1.165) is 10.0 Å². The van der Waals surface area contributed by atoms with Crippen molar-refractivity contribution in [3.63, 3.8) is 0 Å². The normalized spacial score (nSPS) is 11.1. The smallest absolute Gasteiger partial charge is 0.124 e. The molecule has 0 aliphatic heterocycles. The maximum Gasteiger partial charge on any atom is 0.124 e. The van der Waals surface area contributed by atoms with E-state index in [0.29, 0.717) is 6.54 Å². The summed E-state index contributed by atoms with van der Waals surface area (Å²) in [6, 6.07) is 9.34. The van der Waals surface area contributed by atoms with Crippen LogP contribution < -0.4 is 0 Å². The topological polar surface area (TPSA) is 32.6 Å². The zero-order chi connectivity index (χ0) is 11.4. The standard InChI is InChI=1S/C12H10BrNOS/c13-10-3-4-12(15)9(6-10)7-14-8-11-2-1-5-16-11/h1-7,15H,8H2. The Kier molecular flexibility index (Phi) is 3.74. The van der Waals surface area contributed by atoms with Crippen LogP contribution in [0.1, 0.15) is 10.4 Å². The summed E-state index contributed by atoms with van der Waals surface area (Å²) in [4.78, 5) is 5.50. The van der Waals surface area contributed by atoms with Crippen molar-refractivity contribution in [2.24, 2.45) is 4.99 Å². The number of phenols is 1. The van der Waals surface area contributed by atoms with Crippen molar-refractivity contribution in [1.82, 2.24) is 0 Å². The van der Waals surface area contributed by atoms with E-state index in [4.69, 9.17) is 0 Å². The maximum absolute atomic E-state index is 9.58. The quantitative estimate of drug-likeness (QED) is 0.858. The molecule has 82 valence electrons. The van der Waals surface area contributed by atoms with Crippen molar-refractivity contribution in [3.05, 3.63) is 50.6 Å². The summed E-state index contributed by atoms with van der Waals surface area (Å²) in [5.41, 5.74) is 0.728. The van der Waals surface area contributed by atoms with Gasteiger partial charge in [0.2, 0.25) is 0 Å². The molecule has 2 rings (SSSR count). The third kappa shape index (κ3) is 2.93. The third-order valence-electron chi connectivity index (χ3n) is 2.05. The molecule has 0 amide bonds. The van der Waals surface area contributed by atoms with Crippen molar-refractivity contribution in [1.29, 1.82) is 0 Å². The fraction of sp³-hybridized carbons (Fsp3) is 0.0833. The Morgan fingerprint density at radius 2 is 2.25 bits per heavy atom. The van der Waals surface area contributed by atoms with Crippen molar-refractivity contribution < 1.29 is 5.11 Å². The third-order valence-corrected chi connectivity index (χ3v) is 3.40. The minimum absolute atomic E-state index is 0.248. The monoisotopic (exact) mass is 295 g/mol. The number of aromatic hydroxyl groups is 1. The van der Waals surface area contributed by atoms with Gasteiger partial charge in [0.05, 0.1) is 6.54 Å². The summed E-state index contributed by atoms with van der Waals surface area (Å²) < 4.78 is 0.933. The zero-order valence-electron chi connectivity index (χ0n) is 8.43. The van der Waals surface area contributed by atoms with Gasteiger partial charge in [-0.3, -0.25) is 4.99 Å². The lowest BCUT2D eigenvalue weighted by Gasteiger charge is -1.98. The molecule has 0 bridgehead atoms. The number of nitrogens with zero attached hydrogens (tertiary/aromatic N) is 1. The minimum Gasteiger partial charge on any atom is -0.507 e. The van der Waals surface area contributed by atoms with Gasteiger partial charge in [0, 0.05) is 21.1 Å². The second kappa shape index (κ2) is 5.27. The molecule has 0 radical (unpaired) electrons. The Morgan fingerprint density at radius 1 is 1.38 bits per heavy atom. The number of thiophene rings is 1. The number of hydrogen-bond donors (Lipinski definition) is 1. The van der Waals surface area contributed by atoms with Gasteiger partial charge in [-0.15, -0.1) is 11.3 Å². The largest absolute Gasteiger partial charge is 0.507 e. The van der Waals surface area contributed by atoms with Gasteiger partial charge >= 0.3 is 0 Å². The van der Waals surface area contributed by atoms with Gasteiger partial charge in [-0.05, 0) is 29.6 Å². The molecule has 0 saturated heterocycles. The van der Waals surface area contributed by atoms with E-state index >= 15 is 0 Å². The molecule has 1 N–H and O–H groups in total. The molecule has 0 atom stereocenters. The van der Waals surface area contributed by atoms with Gasteiger partial charge in [0.1, 0.15) is 5.75 Å². The molecule has 1 heterocycles. The van der Waals surface area contributed by atoms with Gasteiger partial charge in [-0.1, -0.05) is 22.0 Å². The van der Waals surface area contributed by atoms with Crippen LogP contribution >= 0.6 is 27.3 Å². The van der Waals surface area contributed by atoms with Crippen LogP contribution in [0.5, 0.6) is 5.75 Å². The highest BCUT2D eigenvalue weighted by Gasteiger charge is 1.98. The second-order valence-electron chi connectivity index (χ2n) is 3.25. The first-order chi connectivity index (χ1) is 7.75. The molecule has 2 aromatic rings. The number of benzene rings is 1. The average Bonchev–Trinajstić information content (AvgIpc) is 2.76. The summed E-state index contributed by atoms with van der Waals surface area (Å²) in [5, 5.41) is 11.6. The van der Waals surface area contributed by atoms with Crippen LogP contribution in [0.3, 0.4) is 0 Å². The van der Waals surface area contributed by atoms with E-state index in [1.807, 2.05) is 23.6 Å². The molecule has 0 aliphatic carbocycles. The molecule has 1 aromatic carbocycles. The Labute approximate surface area is 106 Å². The summed E-state index contributed by atoms with van der Waals surface area (Å²) in [6.45, 7) is 0.656. The van der Waals surface area contributed by atoms with Crippen LogP contribution in [0.2, 0.25) is 0 Å². The van der Waals surface area contributed by atoms with E-state index in [-0.39, 0.29) is 5.75 Å². The molecule has 0 spiro atoms. The van der Waals surface area contributed by atoms with Gasteiger partial charge in [0.15, 0.2) is 0 Å². The molecule has 2 nitrogen and oxygen atoms in total. The van der Waals surface area contributed by atoms with Gasteiger partial charge in [-0.2, -0.15) is 0 Å². The fourth-order valence-electron chi connectivity index (χ4n) is 1.27. The van der Waals surface area contributed by atoms with Crippen LogP contribution in [0, 0.1) is 0 Å². The van der Waals surface area contributed by atoms with Crippen molar-refractivity contribution >= 4 is 33.5 Å². The second-order valence-corrected chi connectivity index (χ2v) is 5.20.